The molecule has 4 nitrogen and oxygen atoms in total. The van der Waals surface area contributed by atoms with Crippen LogP contribution in [-0.4, -0.2) is 18.1 Å². The summed E-state index contributed by atoms with van der Waals surface area (Å²) in [5, 5.41) is 4.23. The van der Waals surface area contributed by atoms with Gasteiger partial charge in [0.2, 0.25) is 0 Å². The smallest absolute Gasteiger partial charge is 0.351 e. The molecule has 1 unspecified atom stereocenters. The maximum absolute atomic E-state index is 11.6. The third-order valence-corrected chi connectivity index (χ3v) is 5.39. The number of hydrogen-bond donors (Lipinski definition) is 1. The molecule has 3 rings (SSSR count). The molecule has 116 valence electrons. The van der Waals surface area contributed by atoms with Crippen LogP contribution in [0.5, 0.6) is 0 Å². The van der Waals surface area contributed by atoms with E-state index in [2.05, 4.69) is 42.3 Å². The Morgan fingerprint density at radius 3 is 2.91 bits per heavy atom. The van der Waals surface area contributed by atoms with Crippen LogP contribution in [0.1, 0.15) is 47.1 Å². The lowest BCUT2D eigenvalue weighted by atomic mass is 9.86. The highest BCUT2D eigenvalue weighted by Crippen LogP contribution is 2.46. The van der Waals surface area contributed by atoms with E-state index in [1.54, 1.807) is 0 Å². The summed E-state index contributed by atoms with van der Waals surface area (Å²) in [6.07, 6.45) is 0.969. The number of thiazole rings is 1. The third-order valence-electron chi connectivity index (χ3n) is 4.03. The number of ether oxygens (including phenoxy) is 1. The van der Waals surface area contributed by atoms with Gasteiger partial charge in [0.05, 0.1) is 13.2 Å². The molecule has 1 aliphatic rings. The maximum atomic E-state index is 11.6. The van der Waals surface area contributed by atoms with E-state index >= 15 is 0 Å². The highest BCUT2D eigenvalue weighted by atomic mass is 35.5. The predicted octanol–water partition coefficient (Wildman–Crippen LogP) is 4.42. The number of fused-ring (bicyclic) bond motifs is 1. The van der Waals surface area contributed by atoms with Crippen molar-refractivity contribution in [1.82, 2.24) is 4.98 Å². The molecule has 0 saturated heterocycles. The minimum atomic E-state index is -0.456. The molecule has 0 saturated carbocycles. The molecule has 0 aliphatic heterocycles. The van der Waals surface area contributed by atoms with Crippen LogP contribution in [-0.2, 0) is 10.2 Å². The number of methoxy groups -OCH3 is 1. The molecule has 6 heteroatoms. The van der Waals surface area contributed by atoms with Crippen molar-refractivity contribution < 1.29 is 9.53 Å². The van der Waals surface area contributed by atoms with Crippen LogP contribution < -0.4 is 5.32 Å². The first-order valence-electron chi connectivity index (χ1n) is 7.03. The van der Waals surface area contributed by atoms with E-state index in [1.807, 2.05) is 6.07 Å². The summed E-state index contributed by atoms with van der Waals surface area (Å²) in [5.74, 6) is -0.456. The largest absolute Gasteiger partial charge is 0.465 e. The number of nitrogens with zero attached hydrogens (tertiary/aromatic N) is 1. The fourth-order valence-corrected chi connectivity index (χ4v) is 4.16. The highest BCUT2D eigenvalue weighted by molar-refractivity contribution is 7.18. The predicted molar refractivity (Wildman–Crippen MR) is 88.9 cm³/mol. The summed E-state index contributed by atoms with van der Waals surface area (Å²) in [7, 11) is 1.33. The van der Waals surface area contributed by atoms with Crippen LogP contribution >= 0.6 is 22.9 Å². The molecule has 22 heavy (non-hydrogen) atoms. The van der Waals surface area contributed by atoms with Crippen LogP contribution in [0.4, 0.5) is 5.13 Å². The molecule has 1 atom stereocenters. The summed E-state index contributed by atoms with van der Waals surface area (Å²) in [6, 6.07) is 8.59. The van der Waals surface area contributed by atoms with Crippen LogP contribution in [0, 0.1) is 0 Å². The summed E-state index contributed by atoms with van der Waals surface area (Å²) < 4.78 is 4.71. The molecule has 0 bridgehead atoms. The average molecular weight is 337 g/mol. The standard InChI is InChI=1S/C16H17ClN2O2S/c1-16(2)8-11(9-6-4-5-7-10(9)16)18-15-19-13(17)12(22-15)14(20)21-3/h4-7,11H,8H2,1-3H3,(H,18,19). The van der Waals surface area contributed by atoms with Gasteiger partial charge in [-0.05, 0) is 23.0 Å². The summed E-state index contributed by atoms with van der Waals surface area (Å²) in [6.45, 7) is 4.48. The Morgan fingerprint density at radius 2 is 2.18 bits per heavy atom. The van der Waals surface area contributed by atoms with Gasteiger partial charge in [-0.2, -0.15) is 0 Å². The van der Waals surface area contributed by atoms with Gasteiger partial charge in [0, 0.05) is 0 Å². The van der Waals surface area contributed by atoms with E-state index in [-0.39, 0.29) is 16.6 Å². The number of halogens is 1. The van der Waals surface area contributed by atoms with E-state index in [9.17, 15) is 4.79 Å². The molecular formula is C16H17ClN2O2S. The third kappa shape index (κ3) is 2.59. The van der Waals surface area contributed by atoms with E-state index in [0.717, 1.165) is 6.42 Å². The molecule has 1 heterocycles. The number of benzene rings is 1. The lowest BCUT2D eigenvalue weighted by molar-refractivity contribution is 0.0606. The van der Waals surface area contributed by atoms with Crippen molar-refractivity contribution in [3.63, 3.8) is 0 Å². The topological polar surface area (TPSA) is 51.2 Å². The van der Waals surface area contributed by atoms with Crippen LogP contribution in [0.15, 0.2) is 24.3 Å². The van der Waals surface area contributed by atoms with Crippen molar-refractivity contribution in [2.75, 3.05) is 12.4 Å². The van der Waals surface area contributed by atoms with Crippen molar-refractivity contribution in [2.45, 2.75) is 31.7 Å². The van der Waals surface area contributed by atoms with Crippen molar-refractivity contribution in [1.29, 1.82) is 0 Å². The van der Waals surface area contributed by atoms with Gasteiger partial charge in [0.1, 0.15) is 0 Å². The van der Waals surface area contributed by atoms with Gasteiger partial charge >= 0.3 is 5.97 Å². The molecular weight excluding hydrogens is 320 g/mol. The van der Waals surface area contributed by atoms with E-state index in [1.165, 1.54) is 29.6 Å². The van der Waals surface area contributed by atoms with Gasteiger partial charge in [-0.3, -0.25) is 0 Å². The molecule has 1 aromatic heterocycles. The van der Waals surface area contributed by atoms with Crippen LogP contribution in [0.3, 0.4) is 0 Å². The lowest BCUT2D eigenvalue weighted by Crippen LogP contribution is -2.14. The van der Waals surface area contributed by atoms with Gasteiger partial charge in [0.15, 0.2) is 15.2 Å². The average Bonchev–Trinajstić information content (AvgIpc) is 2.97. The second kappa shape index (κ2) is 5.56. The van der Waals surface area contributed by atoms with E-state index in [0.29, 0.717) is 10.0 Å². The number of carbonyl (C=O) groups excluding carboxylic acids is 1. The SMILES string of the molecule is COC(=O)c1sc(NC2CC(C)(C)c3ccccc32)nc1Cl. The van der Waals surface area contributed by atoms with Gasteiger partial charge in [-0.1, -0.05) is 61.1 Å². The maximum Gasteiger partial charge on any atom is 0.351 e. The van der Waals surface area contributed by atoms with Crippen molar-refractivity contribution in [3.05, 3.63) is 45.4 Å². The Hall–Kier alpha value is -1.59. The molecule has 0 fully saturated rings. The zero-order valence-electron chi connectivity index (χ0n) is 12.6. The molecule has 1 aliphatic carbocycles. The Bertz CT molecular complexity index is 727. The first kappa shape index (κ1) is 15.3. The quantitative estimate of drug-likeness (QED) is 0.843. The second-order valence-electron chi connectivity index (χ2n) is 6.00. The Kier molecular flexibility index (Phi) is 3.87. The fraction of sp³-hybridized carbons (Fsp3) is 0.375. The van der Waals surface area contributed by atoms with Gasteiger partial charge in [-0.15, -0.1) is 0 Å². The Labute approximate surface area is 138 Å². The Morgan fingerprint density at radius 1 is 1.45 bits per heavy atom. The van der Waals surface area contributed by atoms with E-state index < -0.39 is 5.97 Å². The number of anilines is 1. The van der Waals surface area contributed by atoms with Crippen LogP contribution in [0.25, 0.3) is 0 Å². The second-order valence-corrected chi connectivity index (χ2v) is 7.36. The molecule has 2 aromatic rings. The van der Waals surface area contributed by atoms with Crippen molar-refractivity contribution in [3.8, 4) is 0 Å². The number of aromatic nitrogens is 1. The normalized spacial score (nSPS) is 18.8. The molecule has 0 radical (unpaired) electrons. The highest BCUT2D eigenvalue weighted by Gasteiger charge is 2.36. The summed E-state index contributed by atoms with van der Waals surface area (Å²) in [4.78, 5) is 16.2. The number of hydrogen-bond acceptors (Lipinski definition) is 5. The van der Waals surface area contributed by atoms with Crippen LogP contribution in [0.2, 0.25) is 5.15 Å². The zero-order chi connectivity index (χ0) is 15.9. The van der Waals surface area contributed by atoms with Crippen molar-refractivity contribution in [2.24, 2.45) is 0 Å². The number of carbonyl (C=O) groups is 1. The van der Waals surface area contributed by atoms with Gasteiger partial charge in [-0.25, -0.2) is 9.78 Å². The number of esters is 1. The molecule has 1 aromatic carbocycles. The Balaban J connectivity index is 1.88. The molecule has 0 amide bonds. The van der Waals surface area contributed by atoms with E-state index in [4.69, 9.17) is 16.3 Å². The monoisotopic (exact) mass is 336 g/mol. The summed E-state index contributed by atoms with van der Waals surface area (Å²) >= 11 is 7.24. The van der Waals surface area contributed by atoms with Gasteiger partial charge < -0.3 is 10.1 Å². The first-order valence-corrected chi connectivity index (χ1v) is 8.22. The zero-order valence-corrected chi connectivity index (χ0v) is 14.2. The number of rotatable bonds is 3. The number of nitrogens with one attached hydrogen (secondary N) is 1. The lowest BCUT2D eigenvalue weighted by Gasteiger charge is -2.19. The molecule has 1 N–H and O–H groups in total. The van der Waals surface area contributed by atoms with Crippen molar-refractivity contribution >= 4 is 34.0 Å². The minimum absolute atomic E-state index is 0.112. The molecule has 0 spiro atoms. The summed E-state index contributed by atoms with van der Waals surface area (Å²) in [5.41, 5.74) is 2.74. The minimum Gasteiger partial charge on any atom is -0.465 e. The first-order chi connectivity index (χ1) is 10.4. The fourth-order valence-electron chi connectivity index (χ4n) is 3.01. The van der Waals surface area contributed by atoms with Gasteiger partial charge in [0.25, 0.3) is 0 Å².